The largest absolute Gasteiger partial charge is 0.313 e. The van der Waals surface area contributed by atoms with Crippen LogP contribution in [0.15, 0.2) is 35.2 Å². The smallest absolute Gasteiger partial charge is 0.0106 e. The predicted octanol–water partition coefficient (Wildman–Crippen LogP) is 4.19. The second kappa shape index (κ2) is 6.32. The second-order valence-corrected chi connectivity index (χ2v) is 7.41. The van der Waals surface area contributed by atoms with Crippen LogP contribution in [-0.2, 0) is 0 Å². The van der Waals surface area contributed by atoms with Gasteiger partial charge in [-0.2, -0.15) is 0 Å². The first-order valence-electron chi connectivity index (χ1n) is 7.74. The van der Waals surface area contributed by atoms with Crippen LogP contribution in [0.25, 0.3) is 0 Å². The van der Waals surface area contributed by atoms with E-state index in [-0.39, 0.29) is 0 Å². The van der Waals surface area contributed by atoms with Gasteiger partial charge in [-0.25, -0.2) is 0 Å². The van der Waals surface area contributed by atoms with Crippen molar-refractivity contribution >= 4 is 11.8 Å². The van der Waals surface area contributed by atoms with Crippen molar-refractivity contribution in [2.75, 3.05) is 12.3 Å². The fourth-order valence-electron chi connectivity index (χ4n) is 4.03. The van der Waals surface area contributed by atoms with Crippen LogP contribution < -0.4 is 5.32 Å². The highest BCUT2D eigenvalue weighted by Crippen LogP contribution is 2.49. The molecule has 0 saturated heterocycles. The van der Waals surface area contributed by atoms with Crippen LogP contribution in [0.3, 0.4) is 0 Å². The van der Waals surface area contributed by atoms with E-state index in [1.807, 2.05) is 11.8 Å². The molecular weight excluding hydrogens is 250 g/mol. The zero-order chi connectivity index (χ0) is 13.1. The molecule has 0 amide bonds. The first-order chi connectivity index (χ1) is 9.33. The average molecular weight is 275 g/mol. The minimum atomic E-state index is 0.715. The van der Waals surface area contributed by atoms with Crippen LogP contribution in [0.4, 0.5) is 0 Å². The van der Waals surface area contributed by atoms with Gasteiger partial charge in [-0.1, -0.05) is 24.6 Å². The molecule has 1 aromatic rings. The van der Waals surface area contributed by atoms with Crippen molar-refractivity contribution in [1.29, 1.82) is 0 Å². The third-order valence-electron chi connectivity index (χ3n) is 5.02. The topological polar surface area (TPSA) is 12.0 Å². The fourth-order valence-corrected chi connectivity index (χ4v) is 4.84. The van der Waals surface area contributed by atoms with Gasteiger partial charge < -0.3 is 5.32 Å². The van der Waals surface area contributed by atoms with Crippen LogP contribution in [0.2, 0.25) is 0 Å². The van der Waals surface area contributed by atoms with Gasteiger partial charge in [0.05, 0.1) is 0 Å². The Balaban J connectivity index is 1.36. The molecule has 0 spiro atoms. The molecule has 4 unspecified atom stereocenters. The van der Waals surface area contributed by atoms with E-state index < -0.39 is 0 Å². The summed E-state index contributed by atoms with van der Waals surface area (Å²) in [6, 6.07) is 11.4. The summed E-state index contributed by atoms with van der Waals surface area (Å²) >= 11 is 1.96. The number of hydrogen-bond acceptors (Lipinski definition) is 2. The van der Waals surface area contributed by atoms with E-state index in [2.05, 4.69) is 42.6 Å². The van der Waals surface area contributed by atoms with Crippen molar-refractivity contribution < 1.29 is 0 Å². The number of fused-ring (bicyclic) bond motifs is 2. The maximum absolute atomic E-state index is 3.76. The number of benzene rings is 1. The summed E-state index contributed by atoms with van der Waals surface area (Å²) in [6.07, 6.45) is 6.03. The molecule has 0 heterocycles. The first-order valence-corrected chi connectivity index (χ1v) is 8.72. The first kappa shape index (κ1) is 13.5. The van der Waals surface area contributed by atoms with E-state index >= 15 is 0 Å². The molecule has 104 valence electrons. The quantitative estimate of drug-likeness (QED) is 0.617. The normalized spacial score (nSPS) is 30.7. The van der Waals surface area contributed by atoms with Crippen LogP contribution in [0.5, 0.6) is 0 Å². The average Bonchev–Trinajstić information content (AvgIpc) is 3.07. The SMILES string of the molecule is CC(NCCSc1ccccc1)C1CC2CCC1C2. The van der Waals surface area contributed by atoms with E-state index in [1.165, 1.54) is 36.3 Å². The molecule has 1 nitrogen and oxygen atoms in total. The summed E-state index contributed by atoms with van der Waals surface area (Å²) < 4.78 is 0. The van der Waals surface area contributed by atoms with Gasteiger partial charge in [0.15, 0.2) is 0 Å². The van der Waals surface area contributed by atoms with Crippen molar-refractivity contribution in [2.45, 2.75) is 43.5 Å². The molecule has 2 fully saturated rings. The Morgan fingerprint density at radius 3 is 2.74 bits per heavy atom. The van der Waals surface area contributed by atoms with Crippen LogP contribution in [0, 0.1) is 17.8 Å². The molecular formula is C17H25NS. The lowest BCUT2D eigenvalue weighted by Crippen LogP contribution is -2.37. The molecule has 0 aromatic heterocycles. The maximum Gasteiger partial charge on any atom is 0.0106 e. The predicted molar refractivity (Wildman–Crippen MR) is 83.6 cm³/mol. The van der Waals surface area contributed by atoms with Crippen molar-refractivity contribution in [1.82, 2.24) is 5.32 Å². The van der Waals surface area contributed by atoms with Crippen LogP contribution >= 0.6 is 11.8 Å². The zero-order valence-electron chi connectivity index (χ0n) is 11.8. The Morgan fingerprint density at radius 2 is 2.05 bits per heavy atom. The third-order valence-corrected chi connectivity index (χ3v) is 6.03. The van der Waals surface area contributed by atoms with Crippen LogP contribution in [0.1, 0.15) is 32.6 Å². The number of hydrogen-bond donors (Lipinski definition) is 1. The molecule has 19 heavy (non-hydrogen) atoms. The highest BCUT2D eigenvalue weighted by Gasteiger charge is 2.41. The molecule has 2 aliphatic rings. The summed E-state index contributed by atoms with van der Waals surface area (Å²) in [5.41, 5.74) is 0. The number of thioether (sulfide) groups is 1. The Hall–Kier alpha value is -0.470. The lowest BCUT2D eigenvalue weighted by Gasteiger charge is -2.28. The molecule has 2 saturated carbocycles. The highest BCUT2D eigenvalue weighted by atomic mass is 32.2. The van der Waals surface area contributed by atoms with Gasteiger partial charge in [0.2, 0.25) is 0 Å². The lowest BCUT2D eigenvalue weighted by atomic mass is 9.84. The fraction of sp³-hybridized carbons (Fsp3) is 0.647. The monoisotopic (exact) mass is 275 g/mol. The summed E-state index contributed by atoms with van der Waals surface area (Å²) in [4.78, 5) is 1.39. The molecule has 2 aliphatic carbocycles. The maximum atomic E-state index is 3.76. The minimum Gasteiger partial charge on any atom is -0.313 e. The Bertz CT molecular complexity index is 392. The van der Waals surface area contributed by atoms with E-state index in [1.54, 1.807) is 0 Å². The number of rotatable bonds is 6. The second-order valence-electron chi connectivity index (χ2n) is 6.24. The molecule has 2 heteroatoms. The van der Waals surface area contributed by atoms with E-state index in [4.69, 9.17) is 0 Å². The van der Waals surface area contributed by atoms with E-state index in [0.717, 1.165) is 24.3 Å². The molecule has 3 rings (SSSR count). The van der Waals surface area contributed by atoms with Crippen molar-refractivity contribution in [2.24, 2.45) is 17.8 Å². The summed E-state index contributed by atoms with van der Waals surface area (Å²) in [5, 5.41) is 3.76. The summed E-state index contributed by atoms with van der Waals surface area (Å²) in [6.45, 7) is 3.53. The third kappa shape index (κ3) is 3.35. The Labute approximate surface area is 121 Å². The van der Waals surface area contributed by atoms with Gasteiger partial charge in [-0.05, 0) is 56.1 Å². The zero-order valence-corrected chi connectivity index (χ0v) is 12.7. The standard InChI is InChI=1S/C17H25NS/c1-13(17-12-14-7-8-15(17)11-14)18-9-10-19-16-5-3-2-4-6-16/h2-6,13-15,17-18H,7-12H2,1H3. The van der Waals surface area contributed by atoms with E-state index in [0.29, 0.717) is 6.04 Å². The van der Waals surface area contributed by atoms with Gasteiger partial charge in [0.25, 0.3) is 0 Å². The molecule has 0 radical (unpaired) electrons. The van der Waals surface area contributed by atoms with Gasteiger partial charge in [-0.3, -0.25) is 0 Å². The van der Waals surface area contributed by atoms with Crippen LogP contribution in [-0.4, -0.2) is 18.3 Å². The van der Waals surface area contributed by atoms with Crippen molar-refractivity contribution in [3.63, 3.8) is 0 Å². The van der Waals surface area contributed by atoms with E-state index in [9.17, 15) is 0 Å². The molecule has 1 N–H and O–H groups in total. The lowest BCUT2D eigenvalue weighted by molar-refractivity contribution is 0.263. The molecule has 2 bridgehead atoms. The summed E-state index contributed by atoms with van der Waals surface area (Å²) in [5.74, 6) is 4.24. The van der Waals surface area contributed by atoms with Gasteiger partial charge in [0, 0.05) is 23.2 Å². The Kier molecular flexibility index (Phi) is 4.49. The number of nitrogens with one attached hydrogen (secondary N) is 1. The molecule has 4 atom stereocenters. The van der Waals surface area contributed by atoms with Gasteiger partial charge in [-0.15, -0.1) is 11.8 Å². The molecule has 1 aromatic carbocycles. The van der Waals surface area contributed by atoms with Crippen molar-refractivity contribution in [3.05, 3.63) is 30.3 Å². The molecule has 0 aliphatic heterocycles. The van der Waals surface area contributed by atoms with Crippen molar-refractivity contribution in [3.8, 4) is 0 Å². The minimum absolute atomic E-state index is 0.715. The summed E-state index contributed by atoms with van der Waals surface area (Å²) in [7, 11) is 0. The highest BCUT2D eigenvalue weighted by molar-refractivity contribution is 7.99. The van der Waals surface area contributed by atoms with Gasteiger partial charge in [0.1, 0.15) is 0 Å². The van der Waals surface area contributed by atoms with Gasteiger partial charge >= 0.3 is 0 Å². The Morgan fingerprint density at radius 1 is 1.21 bits per heavy atom.